The third-order valence-electron chi connectivity index (χ3n) is 3.70. The summed E-state index contributed by atoms with van der Waals surface area (Å²) in [5, 5.41) is 9.82. The summed E-state index contributed by atoms with van der Waals surface area (Å²) in [6.45, 7) is 1.96. The van der Waals surface area contributed by atoms with Gasteiger partial charge in [-0.3, -0.25) is 0 Å². The van der Waals surface area contributed by atoms with Crippen LogP contribution in [-0.4, -0.2) is 10.1 Å². The highest BCUT2D eigenvalue weighted by Gasteiger charge is 2.43. The molecule has 0 bridgehead atoms. The van der Waals surface area contributed by atoms with Gasteiger partial charge < -0.3 is 5.11 Å². The van der Waals surface area contributed by atoms with Crippen LogP contribution in [0.25, 0.3) is 0 Å². The number of nitrogens with zero attached hydrogens (tertiary/aromatic N) is 1. The smallest absolute Gasteiger partial charge is 0.384 e. The highest BCUT2D eigenvalue weighted by Crippen LogP contribution is 2.46. The minimum Gasteiger partial charge on any atom is -0.384 e. The van der Waals surface area contributed by atoms with E-state index in [1.807, 2.05) is 6.92 Å². The molecule has 1 N–H and O–H groups in total. The van der Waals surface area contributed by atoms with Gasteiger partial charge in [0.2, 0.25) is 0 Å². The predicted octanol–water partition coefficient (Wildman–Crippen LogP) is 3.95. The quantitative estimate of drug-likeness (QED) is 0.889. The molecule has 2 unspecified atom stereocenters. The number of hydrogen-bond acceptors (Lipinski definition) is 3. The molecule has 1 fully saturated rings. The van der Waals surface area contributed by atoms with Gasteiger partial charge in [0.25, 0.3) is 0 Å². The molecular weight excluding hydrogens is 263 g/mol. The molecule has 0 aromatic carbocycles. The van der Waals surface area contributed by atoms with Gasteiger partial charge in [-0.15, -0.1) is 11.3 Å². The molecule has 2 nitrogen and oxygen atoms in total. The van der Waals surface area contributed by atoms with E-state index >= 15 is 0 Å². The van der Waals surface area contributed by atoms with E-state index in [1.54, 1.807) is 0 Å². The van der Waals surface area contributed by atoms with Crippen molar-refractivity contribution < 1.29 is 18.3 Å². The standard InChI is InChI=1S/C12H16F3NOS/c1-2-8-5-3-4-6-11(8,17)9-7-16-10(18-9)12(13,14)15/h7-8,17H,2-6H2,1H3. The zero-order chi connectivity index (χ0) is 13.4. The van der Waals surface area contributed by atoms with E-state index in [1.165, 1.54) is 6.20 Å². The van der Waals surface area contributed by atoms with Crippen LogP contribution in [-0.2, 0) is 11.8 Å². The zero-order valence-electron chi connectivity index (χ0n) is 10.1. The van der Waals surface area contributed by atoms with E-state index in [0.717, 1.165) is 25.7 Å². The van der Waals surface area contributed by atoms with Gasteiger partial charge >= 0.3 is 6.18 Å². The monoisotopic (exact) mass is 279 g/mol. The van der Waals surface area contributed by atoms with Crippen LogP contribution in [0.3, 0.4) is 0 Å². The average Bonchev–Trinajstić information content (AvgIpc) is 2.79. The Morgan fingerprint density at radius 3 is 2.78 bits per heavy atom. The van der Waals surface area contributed by atoms with E-state index in [9.17, 15) is 18.3 Å². The van der Waals surface area contributed by atoms with Gasteiger partial charge in [0.05, 0.1) is 4.88 Å². The maximum Gasteiger partial charge on any atom is 0.443 e. The number of aromatic nitrogens is 1. The van der Waals surface area contributed by atoms with Crippen LogP contribution in [0.15, 0.2) is 6.20 Å². The lowest BCUT2D eigenvalue weighted by atomic mass is 9.73. The fourth-order valence-corrected chi connectivity index (χ4v) is 3.68. The van der Waals surface area contributed by atoms with Crippen molar-refractivity contribution in [1.82, 2.24) is 4.98 Å². The molecule has 1 aliphatic carbocycles. The highest BCUT2D eigenvalue weighted by molar-refractivity contribution is 7.11. The number of thiazole rings is 1. The molecule has 1 saturated carbocycles. The first kappa shape index (κ1) is 13.8. The van der Waals surface area contributed by atoms with E-state index < -0.39 is 16.8 Å². The minimum absolute atomic E-state index is 0.0350. The predicted molar refractivity (Wildman–Crippen MR) is 63.3 cm³/mol. The van der Waals surface area contributed by atoms with Crippen LogP contribution >= 0.6 is 11.3 Å². The Labute approximate surface area is 108 Å². The Hall–Kier alpha value is -0.620. The fourth-order valence-electron chi connectivity index (χ4n) is 2.70. The molecular formula is C12H16F3NOS. The van der Waals surface area contributed by atoms with Crippen LogP contribution in [0.2, 0.25) is 0 Å². The van der Waals surface area contributed by atoms with Crippen LogP contribution in [0.1, 0.15) is 48.9 Å². The summed E-state index contributed by atoms with van der Waals surface area (Å²) in [7, 11) is 0. The Balaban J connectivity index is 2.31. The molecule has 102 valence electrons. The number of aliphatic hydroxyl groups is 1. The molecule has 0 radical (unpaired) electrons. The topological polar surface area (TPSA) is 33.1 Å². The summed E-state index contributed by atoms with van der Waals surface area (Å²) in [6, 6.07) is 0. The minimum atomic E-state index is -4.42. The number of hydrogen-bond donors (Lipinski definition) is 1. The molecule has 6 heteroatoms. The molecule has 0 spiro atoms. The molecule has 2 atom stereocenters. The molecule has 1 aromatic heterocycles. The zero-order valence-corrected chi connectivity index (χ0v) is 10.9. The third-order valence-corrected chi connectivity index (χ3v) is 4.91. The van der Waals surface area contributed by atoms with Crippen LogP contribution in [0.4, 0.5) is 13.2 Å². The number of halogens is 3. The molecule has 0 amide bonds. The van der Waals surface area contributed by atoms with Crippen molar-refractivity contribution in [2.75, 3.05) is 0 Å². The SMILES string of the molecule is CCC1CCCCC1(O)c1cnc(C(F)(F)F)s1. The molecule has 0 aliphatic heterocycles. The van der Waals surface area contributed by atoms with Gasteiger partial charge in [0, 0.05) is 6.20 Å². The number of rotatable bonds is 2. The lowest BCUT2D eigenvalue weighted by molar-refractivity contribution is -0.137. The second-order valence-corrected chi connectivity index (χ2v) is 5.83. The molecule has 18 heavy (non-hydrogen) atoms. The summed E-state index contributed by atoms with van der Waals surface area (Å²) in [5.74, 6) is 0.0350. The summed E-state index contributed by atoms with van der Waals surface area (Å²) in [5.41, 5.74) is -1.12. The van der Waals surface area contributed by atoms with Gasteiger partial charge in [-0.1, -0.05) is 26.2 Å². The van der Waals surface area contributed by atoms with Gasteiger partial charge in [-0.25, -0.2) is 4.98 Å². The summed E-state index contributed by atoms with van der Waals surface area (Å²) >= 11 is 0.578. The Bertz CT molecular complexity index is 418. The van der Waals surface area contributed by atoms with Crippen molar-refractivity contribution in [3.8, 4) is 0 Å². The van der Waals surface area contributed by atoms with E-state index in [2.05, 4.69) is 4.98 Å². The fraction of sp³-hybridized carbons (Fsp3) is 0.750. The lowest BCUT2D eigenvalue weighted by Crippen LogP contribution is -2.36. The highest BCUT2D eigenvalue weighted by atomic mass is 32.1. The Morgan fingerprint density at radius 2 is 2.22 bits per heavy atom. The first-order valence-electron chi connectivity index (χ1n) is 6.14. The third kappa shape index (κ3) is 2.40. The largest absolute Gasteiger partial charge is 0.443 e. The van der Waals surface area contributed by atoms with E-state index in [4.69, 9.17) is 0 Å². The van der Waals surface area contributed by atoms with Crippen LogP contribution in [0.5, 0.6) is 0 Å². The van der Waals surface area contributed by atoms with Crippen molar-refractivity contribution in [3.63, 3.8) is 0 Å². The van der Waals surface area contributed by atoms with Gasteiger partial charge in [0.1, 0.15) is 5.60 Å². The van der Waals surface area contributed by atoms with Crippen molar-refractivity contribution in [3.05, 3.63) is 16.1 Å². The number of alkyl halides is 3. The van der Waals surface area contributed by atoms with Gasteiger partial charge in [-0.05, 0) is 18.8 Å². The normalized spacial score (nSPS) is 29.5. The van der Waals surface area contributed by atoms with Gasteiger partial charge in [-0.2, -0.15) is 13.2 Å². The van der Waals surface area contributed by atoms with E-state index in [-0.39, 0.29) is 5.92 Å². The molecule has 1 aliphatic rings. The van der Waals surface area contributed by atoms with Crippen molar-refractivity contribution in [2.45, 2.75) is 50.8 Å². The van der Waals surface area contributed by atoms with Crippen LogP contribution < -0.4 is 0 Å². The average molecular weight is 279 g/mol. The molecule has 1 heterocycles. The summed E-state index contributed by atoms with van der Waals surface area (Å²) < 4.78 is 37.6. The van der Waals surface area contributed by atoms with E-state index in [0.29, 0.717) is 22.6 Å². The summed E-state index contributed by atoms with van der Waals surface area (Å²) in [4.78, 5) is 3.77. The van der Waals surface area contributed by atoms with Crippen molar-refractivity contribution >= 4 is 11.3 Å². The first-order chi connectivity index (χ1) is 8.38. The van der Waals surface area contributed by atoms with Crippen LogP contribution in [0, 0.1) is 5.92 Å². The lowest BCUT2D eigenvalue weighted by Gasteiger charge is -2.38. The Kier molecular flexibility index (Phi) is 3.69. The Morgan fingerprint density at radius 1 is 1.50 bits per heavy atom. The second kappa shape index (κ2) is 4.81. The molecule has 2 rings (SSSR count). The summed E-state index contributed by atoms with van der Waals surface area (Å²) in [6.07, 6.45) is 0.835. The maximum atomic E-state index is 12.5. The van der Waals surface area contributed by atoms with Crippen molar-refractivity contribution in [1.29, 1.82) is 0 Å². The van der Waals surface area contributed by atoms with Crippen molar-refractivity contribution in [2.24, 2.45) is 5.92 Å². The molecule has 0 saturated heterocycles. The maximum absolute atomic E-state index is 12.5. The first-order valence-corrected chi connectivity index (χ1v) is 6.95. The second-order valence-electron chi connectivity index (χ2n) is 4.80. The van der Waals surface area contributed by atoms with Gasteiger partial charge in [0.15, 0.2) is 5.01 Å². The molecule has 1 aromatic rings.